The van der Waals surface area contributed by atoms with Gasteiger partial charge in [0.1, 0.15) is 0 Å². The predicted octanol–water partition coefficient (Wildman–Crippen LogP) is 2.76. The number of rotatable bonds is 6. The molecule has 2 unspecified atom stereocenters. The monoisotopic (exact) mass is 332 g/mol. The summed E-state index contributed by atoms with van der Waals surface area (Å²) in [6.07, 6.45) is 7.47. The first-order valence-electron chi connectivity index (χ1n) is 9.03. The molecule has 24 heavy (non-hydrogen) atoms. The molecule has 2 aliphatic rings. The molecule has 2 atom stereocenters. The van der Waals surface area contributed by atoms with Gasteiger partial charge in [0, 0.05) is 24.1 Å². The van der Waals surface area contributed by atoms with E-state index in [9.17, 15) is 4.79 Å². The highest BCUT2D eigenvalue weighted by Gasteiger charge is 2.28. The smallest absolute Gasteiger partial charge is 0.223 e. The maximum atomic E-state index is 12.3. The van der Waals surface area contributed by atoms with Gasteiger partial charge >= 0.3 is 0 Å². The molecule has 0 saturated heterocycles. The molecule has 0 spiro atoms. The molecule has 3 N–H and O–H groups in total. The van der Waals surface area contributed by atoms with Crippen LogP contribution in [0, 0.1) is 5.92 Å². The van der Waals surface area contributed by atoms with Gasteiger partial charge < -0.3 is 20.5 Å². The van der Waals surface area contributed by atoms with Crippen molar-refractivity contribution in [3.63, 3.8) is 0 Å². The van der Waals surface area contributed by atoms with E-state index in [1.165, 1.54) is 12.8 Å². The zero-order valence-corrected chi connectivity index (χ0v) is 14.4. The van der Waals surface area contributed by atoms with Crippen LogP contribution >= 0.6 is 0 Å². The van der Waals surface area contributed by atoms with Crippen molar-refractivity contribution in [2.75, 3.05) is 7.11 Å². The molecule has 0 radical (unpaired) electrons. The number of para-hydroxylation sites is 1. The summed E-state index contributed by atoms with van der Waals surface area (Å²) in [4.78, 5) is 12.3. The van der Waals surface area contributed by atoms with Gasteiger partial charge in [0.05, 0.1) is 13.2 Å². The van der Waals surface area contributed by atoms with Crippen molar-refractivity contribution in [3.05, 3.63) is 23.8 Å². The van der Waals surface area contributed by atoms with E-state index < -0.39 is 0 Å². The Labute approximate surface area is 143 Å². The summed E-state index contributed by atoms with van der Waals surface area (Å²) >= 11 is 0. The molecule has 2 fully saturated rings. The third-order valence-electron chi connectivity index (χ3n) is 5.16. The minimum atomic E-state index is 0.0461. The van der Waals surface area contributed by atoms with Crippen LogP contribution in [0.15, 0.2) is 18.2 Å². The van der Waals surface area contributed by atoms with Gasteiger partial charge in [0.25, 0.3) is 0 Å². The van der Waals surface area contributed by atoms with Crippen molar-refractivity contribution in [1.29, 1.82) is 0 Å². The van der Waals surface area contributed by atoms with E-state index >= 15 is 0 Å². The standard InChI is InChI=1S/C19H28N2O3/c1-23-17-8-4-5-14(18(17)24-16-6-2-3-7-16)12-21-19(22)13-9-10-15(20)11-13/h4-5,8,13,15-16H,2-3,6-7,9-12,20H2,1H3,(H,21,22). The van der Waals surface area contributed by atoms with E-state index in [1.807, 2.05) is 18.2 Å². The van der Waals surface area contributed by atoms with Gasteiger partial charge in [-0.05, 0) is 51.0 Å². The van der Waals surface area contributed by atoms with E-state index in [0.717, 1.165) is 49.2 Å². The fraction of sp³-hybridized carbons (Fsp3) is 0.632. The quantitative estimate of drug-likeness (QED) is 0.840. The lowest BCUT2D eigenvalue weighted by Crippen LogP contribution is -2.30. The molecular weight excluding hydrogens is 304 g/mol. The fourth-order valence-electron chi connectivity index (χ4n) is 3.75. The summed E-state index contributed by atoms with van der Waals surface area (Å²) in [5.41, 5.74) is 6.88. The average Bonchev–Trinajstić information content (AvgIpc) is 3.25. The Balaban J connectivity index is 1.66. The summed E-state index contributed by atoms with van der Waals surface area (Å²) in [5, 5.41) is 3.05. The number of ether oxygens (including phenoxy) is 2. The molecule has 2 saturated carbocycles. The first-order chi connectivity index (χ1) is 11.7. The van der Waals surface area contributed by atoms with Crippen LogP contribution in [-0.2, 0) is 11.3 Å². The summed E-state index contributed by atoms with van der Waals surface area (Å²) in [7, 11) is 1.65. The van der Waals surface area contributed by atoms with Gasteiger partial charge in [0.15, 0.2) is 11.5 Å². The van der Waals surface area contributed by atoms with Crippen molar-refractivity contribution in [1.82, 2.24) is 5.32 Å². The number of amides is 1. The molecule has 0 bridgehead atoms. The van der Waals surface area contributed by atoms with Crippen LogP contribution in [0.25, 0.3) is 0 Å². The highest BCUT2D eigenvalue weighted by molar-refractivity contribution is 5.79. The molecule has 0 aliphatic heterocycles. The van der Waals surface area contributed by atoms with Gasteiger partial charge in [-0.15, -0.1) is 0 Å². The summed E-state index contributed by atoms with van der Waals surface area (Å²) in [5.74, 6) is 1.65. The van der Waals surface area contributed by atoms with E-state index in [0.29, 0.717) is 6.54 Å². The number of nitrogens with two attached hydrogens (primary N) is 1. The number of methoxy groups -OCH3 is 1. The zero-order chi connectivity index (χ0) is 16.9. The minimum Gasteiger partial charge on any atom is -0.493 e. The number of benzene rings is 1. The first kappa shape index (κ1) is 17.1. The van der Waals surface area contributed by atoms with E-state index in [4.69, 9.17) is 15.2 Å². The maximum Gasteiger partial charge on any atom is 0.223 e. The van der Waals surface area contributed by atoms with Crippen molar-refractivity contribution in [3.8, 4) is 11.5 Å². The SMILES string of the molecule is COc1cccc(CNC(=O)C2CCC(N)C2)c1OC1CCCC1. The Hall–Kier alpha value is -1.75. The highest BCUT2D eigenvalue weighted by Crippen LogP contribution is 2.35. The van der Waals surface area contributed by atoms with Gasteiger partial charge in [0.2, 0.25) is 5.91 Å². The van der Waals surface area contributed by atoms with Crippen molar-refractivity contribution < 1.29 is 14.3 Å². The van der Waals surface area contributed by atoms with Crippen LogP contribution in [0.1, 0.15) is 50.5 Å². The van der Waals surface area contributed by atoms with Crippen LogP contribution in [0.2, 0.25) is 0 Å². The van der Waals surface area contributed by atoms with Gasteiger partial charge in [-0.2, -0.15) is 0 Å². The van der Waals surface area contributed by atoms with Crippen molar-refractivity contribution in [2.24, 2.45) is 11.7 Å². The van der Waals surface area contributed by atoms with E-state index in [1.54, 1.807) is 7.11 Å². The zero-order valence-electron chi connectivity index (χ0n) is 14.4. The largest absolute Gasteiger partial charge is 0.493 e. The van der Waals surface area contributed by atoms with E-state index in [2.05, 4.69) is 5.32 Å². The second-order valence-corrected chi connectivity index (χ2v) is 6.96. The van der Waals surface area contributed by atoms with Crippen LogP contribution in [0.3, 0.4) is 0 Å². The van der Waals surface area contributed by atoms with E-state index in [-0.39, 0.29) is 24.0 Å². The Morgan fingerprint density at radius 3 is 2.71 bits per heavy atom. The van der Waals surface area contributed by atoms with Crippen LogP contribution in [0.5, 0.6) is 11.5 Å². The third kappa shape index (κ3) is 4.01. The molecular formula is C19H28N2O3. The predicted molar refractivity (Wildman–Crippen MR) is 93.0 cm³/mol. The average molecular weight is 332 g/mol. The molecule has 1 aromatic rings. The molecule has 0 aromatic heterocycles. The normalized spacial score (nSPS) is 24.1. The lowest BCUT2D eigenvalue weighted by Gasteiger charge is -2.20. The third-order valence-corrected chi connectivity index (χ3v) is 5.16. The topological polar surface area (TPSA) is 73.6 Å². The Kier molecular flexibility index (Phi) is 5.61. The van der Waals surface area contributed by atoms with Gasteiger partial charge in [-0.1, -0.05) is 12.1 Å². The fourth-order valence-corrected chi connectivity index (χ4v) is 3.75. The second kappa shape index (κ2) is 7.88. The molecule has 1 amide bonds. The number of carbonyl (C=O) groups excluding carboxylic acids is 1. The summed E-state index contributed by atoms with van der Waals surface area (Å²) in [6.45, 7) is 0.462. The minimum absolute atomic E-state index is 0.0461. The summed E-state index contributed by atoms with van der Waals surface area (Å²) < 4.78 is 11.7. The molecule has 3 rings (SSSR count). The Bertz CT molecular complexity index is 570. The molecule has 5 heteroatoms. The number of hydrogen-bond acceptors (Lipinski definition) is 4. The molecule has 132 valence electrons. The first-order valence-corrected chi connectivity index (χ1v) is 9.03. The maximum absolute atomic E-state index is 12.3. The molecule has 2 aliphatic carbocycles. The number of hydrogen-bond donors (Lipinski definition) is 2. The van der Waals surface area contributed by atoms with Crippen molar-refractivity contribution >= 4 is 5.91 Å². The van der Waals surface area contributed by atoms with Gasteiger partial charge in [-0.25, -0.2) is 0 Å². The number of nitrogens with one attached hydrogen (secondary N) is 1. The van der Waals surface area contributed by atoms with Gasteiger partial charge in [-0.3, -0.25) is 4.79 Å². The second-order valence-electron chi connectivity index (χ2n) is 6.96. The van der Waals surface area contributed by atoms with Crippen LogP contribution in [0.4, 0.5) is 0 Å². The molecule has 1 aromatic carbocycles. The Morgan fingerprint density at radius 1 is 1.25 bits per heavy atom. The Morgan fingerprint density at radius 2 is 2.04 bits per heavy atom. The van der Waals surface area contributed by atoms with Crippen molar-refractivity contribution in [2.45, 2.75) is 63.6 Å². The lowest BCUT2D eigenvalue weighted by atomic mass is 10.1. The molecule has 5 nitrogen and oxygen atoms in total. The number of carbonyl (C=O) groups is 1. The highest BCUT2D eigenvalue weighted by atomic mass is 16.5. The molecule has 0 heterocycles. The van der Waals surface area contributed by atoms with Crippen LogP contribution in [-0.4, -0.2) is 25.2 Å². The summed E-state index contributed by atoms with van der Waals surface area (Å²) in [6, 6.07) is 6.01. The lowest BCUT2D eigenvalue weighted by molar-refractivity contribution is -0.125. The van der Waals surface area contributed by atoms with Crippen LogP contribution < -0.4 is 20.5 Å².